The van der Waals surface area contributed by atoms with Crippen molar-refractivity contribution in [3.63, 3.8) is 0 Å². The summed E-state index contributed by atoms with van der Waals surface area (Å²) in [4.78, 5) is 38.9. The van der Waals surface area contributed by atoms with Crippen LogP contribution in [-0.2, 0) is 26.2 Å². The van der Waals surface area contributed by atoms with E-state index in [1.807, 2.05) is 37.3 Å². The van der Waals surface area contributed by atoms with Crippen LogP contribution in [0.3, 0.4) is 0 Å². The molecule has 0 aromatic heterocycles. The minimum atomic E-state index is -4.24. The predicted octanol–water partition coefficient (Wildman–Crippen LogP) is 4.12. The molecule has 0 unspecified atom stereocenters. The Kier molecular flexibility index (Phi) is 10.2. The second kappa shape index (κ2) is 13.5. The van der Waals surface area contributed by atoms with E-state index in [9.17, 15) is 28.1 Å². The first-order chi connectivity index (χ1) is 18.7. The van der Waals surface area contributed by atoms with Gasteiger partial charge in [-0.3, -0.25) is 24.0 Å². The Morgan fingerprint density at radius 2 is 1.51 bits per heavy atom. The zero-order valence-corrected chi connectivity index (χ0v) is 22.7. The Morgan fingerprint density at radius 3 is 2.05 bits per heavy atom. The number of nitro benzene ring substituents is 1. The van der Waals surface area contributed by atoms with Crippen LogP contribution < -0.4 is 9.62 Å². The number of nitrogens with one attached hydrogen (secondary N) is 1. The lowest BCUT2D eigenvalue weighted by atomic mass is 10.1. The largest absolute Gasteiger partial charge is 0.354 e. The maximum absolute atomic E-state index is 13.9. The van der Waals surface area contributed by atoms with Crippen LogP contribution in [-0.4, -0.2) is 49.2 Å². The smallest absolute Gasteiger partial charge is 0.269 e. The number of sulfonamides is 1. The number of benzene rings is 3. The van der Waals surface area contributed by atoms with E-state index in [1.54, 1.807) is 25.1 Å². The summed E-state index contributed by atoms with van der Waals surface area (Å²) >= 11 is 0. The van der Waals surface area contributed by atoms with Gasteiger partial charge in [-0.2, -0.15) is 0 Å². The fraction of sp³-hybridized carbons (Fsp3) is 0.286. The maximum atomic E-state index is 13.9. The zero-order chi connectivity index (χ0) is 28.4. The first kappa shape index (κ1) is 29.3. The second-order valence-corrected chi connectivity index (χ2v) is 10.7. The first-order valence-electron chi connectivity index (χ1n) is 12.6. The van der Waals surface area contributed by atoms with Crippen LogP contribution in [0.5, 0.6) is 0 Å². The van der Waals surface area contributed by atoms with Crippen molar-refractivity contribution in [2.24, 2.45) is 0 Å². The number of amides is 2. The molecule has 0 heterocycles. The molecule has 10 nitrogen and oxygen atoms in total. The van der Waals surface area contributed by atoms with Crippen LogP contribution in [0.25, 0.3) is 0 Å². The molecule has 0 fully saturated rings. The van der Waals surface area contributed by atoms with Crippen molar-refractivity contribution in [2.45, 2.75) is 44.2 Å². The van der Waals surface area contributed by atoms with E-state index in [0.29, 0.717) is 13.0 Å². The van der Waals surface area contributed by atoms with Gasteiger partial charge in [-0.05, 0) is 42.7 Å². The van der Waals surface area contributed by atoms with Crippen LogP contribution in [0, 0.1) is 10.1 Å². The van der Waals surface area contributed by atoms with Crippen LogP contribution in [0.15, 0.2) is 89.8 Å². The third-order valence-corrected chi connectivity index (χ3v) is 7.88. The van der Waals surface area contributed by atoms with E-state index >= 15 is 0 Å². The molecule has 39 heavy (non-hydrogen) atoms. The Labute approximate surface area is 228 Å². The van der Waals surface area contributed by atoms with Gasteiger partial charge in [0.25, 0.3) is 15.7 Å². The number of nitro groups is 1. The molecule has 0 bridgehead atoms. The van der Waals surface area contributed by atoms with Gasteiger partial charge in [0.2, 0.25) is 11.8 Å². The number of anilines is 1. The van der Waals surface area contributed by atoms with Gasteiger partial charge in [-0.15, -0.1) is 0 Å². The van der Waals surface area contributed by atoms with E-state index < -0.39 is 33.4 Å². The van der Waals surface area contributed by atoms with Gasteiger partial charge in [0.15, 0.2) is 0 Å². The minimum absolute atomic E-state index is 0.0431. The Bertz CT molecular complexity index is 1370. The monoisotopic (exact) mass is 552 g/mol. The molecule has 3 aromatic carbocycles. The van der Waals surface area contributed by atoms with Crippen molar-refractivity contribution in [3.05, 3.63) is 101 Å². The number of carbonyl (C=O) groups excluding carboxylic acids is 2. The normalized spacial score (nSPS) is 11.8. The summed E-state index contributed by atoms with van der Waals surface area (Å²) in [6, 6.07) is 20.9. The van der Waals surface area contributed by atoms with Crippen molar-refractivity contribution in [1.82, 2.24) is 10.2 Å². The molecule has 206 valence electrons. The molecule has 2 amide bonds. The van der Waals surface area contributed by atoms with Gasteiger partial charge in [0.1, 0.15) is 12.6 Å². The van der Waals surface area contributed by atoms with Gasteiger partial charge in [-0.1, -0.05) is 62.4 Å². The van der Waals surface area contributed by atoms with E-state index in [1.165, 1.54) is 41.3 Å². The SMILES string of the molecule is CCCNC(=O)[C@@H](CC)N(Cc1ccccc1)C(=O)CN(c1ccc([N+](=O)[O-])cc1)S(=O)(=O)c1ccccc1. The molecule has 3 rings (SSSR count). The molecule has 0 aliphatic rings. The van der Waals surface area contributed by atoms with Crippen molar-refractivity contribution < 1.29 is 22.9 Å². The van der Waals surface area contributed by atoms with Gasteiger partial charge in [-0.25, -0.2) is 8.42 Å². The van der Waals surface area contributed by atoms with Crippen LogP contribution in [0.2, 0.25) is 0 Å². The highest BCUT2D eigenvalue weighted by Gasteiger charge is 2.33. The van der Waals surface area contributed by atoms with Crippen molar-refractivity contribution in [1.29, 1.82) is 0 Å². The van der Waals surface area contributed by atoms with E-state index in [4.69, 9.17) is 0 Å². The molecule has 11 heteroatoms. The lowest BCUT2D eigenvalue weighted by molar-refractivity contribution is -0.384. The van der Waals surface area contributed by atoms with Crippen molar-refractivity contribution in [2.75, 3.05) is 17.4 Å². The quantitative estimate of drug-likeness (QED) is 0.251. The zero-order valence-electron chi connectivity index (χ0n) is 21.9. The average molecular weight is 553 g/mol. The molecule has 0 radical (unpaired) electrons. The lowest BCUT2D eigenvalue weighted by Crippen LogP contribution is -2.52. The summed E-state index contributed by atoms with van der Waals surface area (Å²) in [6.45, 7) is 3.64. The standard InChI is InChI=1S/C28H32N4O6S/c1-3-19-29-28(34)26(4-2)30(20-22-11-7-5-8-12-22)27(33)21-31(23-15-17-24(18-16-23)32(35)36)39(37,38)25-13-9-6-10-14-25/h5-18,26H,3-4,19-21H2,1-2H3,(H,29,34)/t26-/m1/s1. The highest BCUT2D eigenvalue weighted by atomic mass is 32.2. The Morgan fingerprint density at radius 1 is 0.923 bits per heavy atom. The summed E-state index contributed by atoms with van der Waals surface area (Å²) in [6.07, 6.45) is 1.04. The van der Waals surface area contributed by atoms with Crippen LogP contribution >= 0.6 is 0 Å². The van der Waals surface area contributed by atoms with Crippen molar-refractivity contribution >= 4 is 33.2 Å². The number of carbonyl (C=O) groups is 2. The van der Waals surface area contributed by atoms with Gasteiger partial charge < -0.3 is 10.2 Å². The average Bonchev–Trinajstić information content (AvgIpc) is 2.95. The molecule has 1 N–H and O–H groups in total. The maximum Gasteiger partial charge on any atom is 0.269 e. The fourth-order valence-electron chi connectivity index (χ4n) is 4.05. The topological polar surface area (TPSA) is 130 Å². The first-order valence-corrected chi connectivity index (χ1v) is 14.1. The summed E-state index contributed by atoms with van der Waals surface area (Å²) in [5.74, 6) is -0.911. The molecule has 0 saturated carbocycles. The third-order valence-electron chi connectivity index (χ3n) is 6.09. The molecule has 3 aromatic rings. The molecule has 1 atom stereocenters. The molecule has 0 spiro atoms. The minimum Gasteiger partial charge on any atom is -0.354 e. The predicted molar refractivity (Wildman–Crippen MR) is 148 cm³/mol. The number of rotatable bonds is 13. The molecule has 0 saturated heterocycles. The van der Waals surface area contributed by atoms with Gasteiger partial charge in [0, 0.05) is 25.2 Å². The second-order valence-electron chi connectivity index (χ2n) is 8.82. The summed E-state index contributed by atoms with van der Waals surface area (Å²) in [7, 11) is -4.24. The number of hydrogen-bond donors (Lipinski definition) is 1. The van der Waals surface area contributed by atoms with E-state index in [-0.39, 0.29) is 28.7 Å². The number of nitrogens with zero attached hydrogens (tertiary/aromatic N) is 3. The molecule has 0 aliphatic carbocycles. The van der Waals surface area contributed by atoms with E-state index in [0.717, 1.165) is 16.3 Å². The molecular weight excluding hydrogens is 520 g/mol. The Hall–Kier alpha value is -4.25. The summed E-state index contributed by atoms with van der Waals surface area (Å²) in [5, 5.41) is 14.0. The van der Waals surface area contributed by atoms with Gasteiger partial charge in [0.05, 0.1) is 15.5 Å². The molecule has 0 aliphatic heterocycles. The fourth-order valence-corrected chi connectivity index (χ4v) is 5.49. The highest BCUT2D eigenvalue weighted by molar-refractivity contribution is 7.92. The third kappa shape index (κ3) is 7.41. The summed E-state index contributed by atoms with van der Waals surface area (Å²) < 4.78 is 28.4. The Balaban J connectivity index is 2.04. The summed E-state index contributed by atoms with van der Waals surface area (Å²) in [5.41, 5.74) is 0.646. The highest BCUT2D eigenvalue weighted by Crippen LogP contribution is 2.26. The van der Waals surface area contributed by atoms with Crippen molar-refractivity contribution in [3.8, 4) is 0 Å². The van der Waals surface area contributed by atoms with Gasteiger partial charge >= 0.3 is 0 Å². The van der Waals surface area contributed by atoms with Crippen LogP contribution in [0.4, 0.5) is 11.4 Å². The lowest BCUT2D eigenvalue weighted by Gasteiger charge is -2.33. The molecular formula is C28H32N4O6S. The number of hydrogen-bond acceptors (Lipinski definition) is 6. The van der Waals surface area contributed by atoms with Crippen LogP contribution in [0.1, 0.15) is 32.3 Å². The van der Waals surface area contributed by atoms with E-state index in [2.05, 4.69) is 5.32 Å². The number of non-ortho nitro benzene ring substituents is 1.